The van der Waals surface area contributed by atoms with E-state index in [-0.39, 0.29) is 22.8 Å². The summed E-state index contributed by atoms with van der Waals surface area (Å²) in [6.45, 7) is 1.97. The van der Waals surface area contributed by atoms with Gasteiger partial charge in [0, 0.05) is 6.20 Å². The van der Waals surface area contributed by atoms with Crippen molar-refractivity contribution in [1.82, 2.24) is 4.98 Å². The molecule has 0 aliphatic carbocycles. The normalized spacial score (nSPS) is 13.8. The van der Waals surface area contributed by atoms with Gasteiger partial charge in [-0.05, 0) is 30.7 Å². The molecule has 3 rings (SSSR count). The van der Waals surface area contributed by atoms with Gasteiger partial charge in [0.05, 0.1) is 28.5 Å². The van der Waals surface area contributed by atoms with Gasteiger partial charge in [-0.2, -0.15) is 0 Å². The van der Waals surface area contributed by atoms with Crippen molar-refractivity contribution in [3.05, 3.63) is 58.1 Å². The van der Waals surface area contributed by atoms with Gasteiger partial charge in [0.15, 0.2) is 0 Å². The van der Waals surface area contributed by atoms with Crippen molar-refractivity contribution in [1.29, 1.82) is 0 Å². The van der Waals surface area contributed by atoms with E-state index in [4.69, 9.17) is 11.6 Å². The van der Waals surface area contributed by atoms with Crippen LogP contribution < -0.4 is 4.90 Å². The van der Waals surface area contributed by atoms with Gasteiger partial charge < -0.3 is 0 Å². The minimum atomic E-state index is -0.697. The van der Waals surface area contributed by atoms with Gasteiger partial charge in [0.2, 0.25) is 0 Å². The number of hydrogen-bond donors (Lipinski definition) is 0. The third kappa shape index (κ3) is 2.19. The Balaban J connectivity index is 2.06. The summed E-state index contributed by atoms with van der Waals surface area (Å²) in [4.78, 5) is 29.5. The Kier molecular flexibility index (Phi) is 3.22. The monoisotopic (exact) mass is 304 g/mol. The van der Waals surface area contributed by atoms with Crippen LogP contribution in [0.3, 0.4) is 0 Å². The number of fused-ring (bicyclic) bond motifs is 1. The fraction of sp³-hybridized carbons (Fsp3) is 0.133. The number of nitrogens with zero attached hydrogens (tertiary/aromatic N) is 2. The molecular formula is C15H10ClFN2O2. The van der Waals surface area contributed by atoms with Crippen LogP contribution in [0.1, 0.15) is 21.6 Å². The fourth-order valence-corrected chi connectivity index (χ4v) is 2.44. The molecule has 1 aromatic heterocycles. The first-order valence-corrected chi connectivity index (χ1v) is 6.62. The van der Waals surface area contributed by atoms with Crippen LogP contribution in [0.4, 0.5) is 10.1 Å². The van der Waals surface area contributed by atoms with E-state index in [0.29, 0.717) is 5.69 Å². The lowest BCUT2D eigenvalue weighted by Gasteiger charge is -2.17. The number of aryl methyl sites for hydroxylation is 1. The molecule has 0 fully saturated rings. The van der Waals surface area contributed by atoms with E-state index in [1.165, 1.54) is 11.0 Å². The molecule has 4 nitrogen and oxygen atoms in total. The fourth-order valence-electron chi connectivity index (χ4n) is 2.28. The van der Waals surface area contributed by atoms with E-state index >= 15 is 0 Å². The van der Waals surface area contributed by atoms with Crippen molar-refractivity contribution < 1.29 is 14.0 Å². The average Bonchev–Trinajstić information content (AvgIpc) is 2.67. The molecule has 0 radical (unpaired) electrons. The van der Waals surface area contributed by atoms with Crippen LogP contribution in [0.25, 0.3) is 0 Å². The molecule has 0 saturated heterocycles. The number of Topliss-reactive ketones (excluding diaryl/α,β-unsaturated/α-hetero) is 1. The number of rotatable bonds is 2. The van der Waals surface area contributed by atoms with Gasteiger partial charge in [-0.25, -0.2) is 4.39 Å². The van der Waals surface area contributed by atoms with Crippen molar-refractivity contribution >= 4 is 29.0 Å². The lowest BCUT2D eigenvalue weighted by molar-refractivity contribution is -0.114. The van der Waals surface area contributed by atoms with Crippen molar-refractivity contribution in [2.24, 2.45) is 0 Å². The summed E-state index contributed by atoms with van der Waals surface area (Å²) in [5, 5.41) is -0.175. The number of pyridine rings is 1. The molecule has 0 saturated carbocycles. The number of benzene rings is 1. The second kappa shape index (κ2) is 4.93. The van der Waals surface area contributed by atoms with Gasteiger partial charge in [-0.3, -0.25) is 19.5 Å². The van der Waals surface area contributed by atoms with Crippen molar-refractivity contribution in [2.45, 2.75) is 13.5 Å². The lowest BCUT2D eigenvalue weighted by Crippen LogP contribution is -2.29. The minimum Gasteiger partial charge on any atom is -0.299 e. The predicted molar refractivity (Wildman–Crippen MR) is 75.9 cm³/mol. The maximum absolute atomic E-state index is 13.6. The van der Waals surface area contributed by atoms with Gasteiger partial charge in [-0.15, -0.1) is 0 Å². The molecule has 2 aromatic rings. The van der Waals surface area contributed by atoms with Gasteiger partial charge in [0.1, 0.15) is 5.82 Å². The number of ketones is 1. The number of hydrogen-bond acceptors (Lipinski definition) is 3. The number of amides is 1. The molecule has 1 aliphatic rings. The first-order chi connectivity index (χ1) is 9.99. The van der Waals surface area contributed by atoms with Crippen LogP contribution in [-0.4, -0.2) is 16.7 Å². The van der Waals surface area contributed by atoms with E-state index in [1.807, 2.05) is 13.0 Å². The summed E-state index contributed by atoms with van der Waals surface area (Å²) >= 11 is 5.67. The first kappa shape index (κ1) is 13.7. The third-order valence-corrected chi connectivity index (χ3v) is 3.73. The Morgan fingerprint density at radius 3 is 2.81 bits per heavy atom. The lowest BCUT2D eigenvalue weighted by atomic mass is 10.1. The van der Waals surface area contributed by atoms with Crippen LogP contribution in [-0.2, 0) is 11.3 Å². The Morgan fingerprint density at radius 1 is 1.33 bits per heavy atom. The Labute approximate surface area is 125 Å². The summed E-state index contributed by atoms with van der Waals surface area (Å²) in [6.07, 6.45) is 1.61. The number of carbonyl (C=O) groups is 2. The van der Waals surface area contributed by atoms with Crippen LogP contribution in [0.15, 0.2) is 30.5 Å². The molecule has 1 amide bonds. The number of halogens is 2. The van der Waals surface area contributed by atoms with E-state index in [2.05, 4.69) is 4.98 Å². The highest BCUT2D eigenvalue weighted by Crippen LogP contribution is 2.34. The van der Waals surface area contributed by atoms with E-state index < -0.39 is 17.5 Å². The molecule has 6 heteroatoms. The Morgan fingerprint density at radius 2 is 2.10 bits per heavy atom. The molecule has 2 heterocycles. The van der Waals surface area contributed by atoms with Gasteiger partial charge >= 0.3 is 0 Å². The SMILES string of the molecule is Cc1cccnc1CN1C(=O)C(=O)c2cc(Cl)c(F)cc21. The molecule has 0 spiro atoms. The zero-order valence-electron chi connectivity index (χ0n) is 11.1. The molecule has 1 aliphatic heterocycles. The molecule has 0 atom stereocenters. The molecule has 0 unspecified atom stereocenters. The second-order valence-corrected chi connectivity index (χ2v) is 5.18. The largest absolute Gasteiger partial charge is 0.299 e. The summed E-state index contributed by atoms with van der Waals surface area (Å²) in [5.74, 6) is -2.04. The zero-order chi connectivity index (χ0) is 15.1. The quantitative estimate of drug-likeness (QED) is 0.802. The molecule has 0 N–H and O–H groups in total. The van der Waals surface area contributed by atoms with Crippen molar-refractivity contribution in [2.75, 3.05) is 4.90 Å². The highest BCUT2D eigenvalue weighted by Gasteiger charge is 2.37. The Bertz CT molecular complexity index is 776. The minimum absolute atomic E-state index is 0.116. The molecule has 21 heavy (non-hydrogen) atoms. The molecule has 106 valence electrons. The summed E-state index contributed by atoms with van der Waals surface area (Å²) < 4.78 is 13.6. The van der Waals surface area contributed by atoms with Crippen LogP contribution in [0.5, 0.6) is 0 Å². The summed E-state index contributed by atoms with van der Waals surface area (Å²) in [5.41, 5.74) is 1.90. The summed E-state index contributed by atoms with van der Waals surface area (Å²) in [6, 6.07) is 5.94. The second-order valence-electron chi connectivity index (χ2n) is 4.77. The van der Waals surface area contributed by atoms with Crippen LogP contribution >= 0.6 is 11.6 Å². The molecule has 0 bridgehead atoms. The highest BCUT2D eigenvalue weighted by atomic mass is 35.5. The smallest absolute Gasteiger partial charge is 0.299 e. The molecule has 1 aromatic carbocycles. The van der Waals surface area contributed by atoms with Crippen molar-refractivity contribution in [3.63, 3.8) is 0 Å². The van der Waals surface area contributed by atoms with Crippen LogP contribution in [0.2, 0.25) is 5.02 Å². The molecular weight excluding hydrogens is 295 g/mol. The van der Waals surface area contributed by atoms with E-state index in [1.54, 1.807) is 12.3 Å². The van der Waals surface area contributed by atoms with Gasteiger partial charge in [-0.1, -0.05) is 17.7 Å². The van der Waals surface area contributed by atoms with Crippen LogP contribution in [0, 0.1) is 12.7 Å². The van der Waals surface area contributed by atoms with Gasteiger partial charge in [0.25, 0.3) is 11.7 Å². The van der Waals surface area contributed by atoms with E-state index in [0.717, 1.165) is 11.6 Å². The first-order valence-electron chi connectivity index (χ1n) is 6.25. The number of anilines is 1. The summed E-state index contributed by atoms with van der Waals surface area (Å²) in [7, 11) is 0. The van der Waals surface area contributed by atoms with E-state index in [9.17, 15) is 14.0 Å². The maximum atomic E-state index is 13.6. The predicted octanol–water partition coefficient (Wildman–Crippen LogP) is 2.91. The number of carbonyl (C=O) groups excluding carboxylic acids is 2. The maximum Gasteiger partial charge on any atom is 0.299 e. The topological polar surface area (TPSA) is 50.3 Å². The average molecular weight is 305 g/mol. The van der Waals surface area contributed by atoms with Crippen molar-refractivity contribution in [3.8, 4) is 0 Å². The zero-order valence-corrected chi connectivity index (χ0v) is 11.8. The highest BCUT2D eigenvalue weighted by molar-refractivity contribution is 6.52. The standard InChI is InChI=1S/C15H10ClFN2O2/c1-8-3-2-4-18-12(8)7-19-13-6-11(17)10(16)5-9(13)14(20)15(19)21/h2-6H,7H2,1H3. The number of aromatic nitrogens is 1. The Hall–Kier alpha value is -2.27. The third-order valence-electron chi connectivity index (χ3n) is 3.44.